The SMILES string of the molecule is CCNC(=NCc1cccc(N(C)C)n1)NCCc1c[nH]c2ccccc12.I. The predicted octanol–water partition coefficient (Wildman–Crippen LogP) is 3.54. The Labute approximate surface area is 183 Å². The van der Waals surface area contributed by atoms with Crippen molar-refractivity contribution in [3.05, 3.63) is 59.9 Å². The lowest BCUT2D eigenvalue weighted by Crippen LogP contribution is -2.38. The number of aliphatic imine (C=N–C) groups is 1. The Morgan fingerprint density at radius 3 is 2.71 bits per heavy atom. The molecular formula is C21H29IN6. The van der Waals surface area contributed by atoms with Gasteiger partial charge in [-0.1, -0.05) is 24.3 Å². The third kappa shape index (κ3) is 5.85. The summed E-state index contributed by atoms with van der Waals surface area (Å²) >= 11 is 0. The van der Waals surface area contributed by atoms with Crippen LogP contribution in [0.25, 0.3) is 10.9 Å². The minimum Gasteiger partial charge on any atom is -0.363 e. The smallest absolute Gasteiger partial charge is 0.191 e. The van der Waals surface area contributed by atoms with E-state index in [9.17, 15) is 0 Å². The molecule has 0 bridgehead atoms. The standard InChI is InChI=1S/C21H28N6.HI/c1-4-22-21(25-15-17-8-7-11-20(26-17)27(2)3)23-13-12-16-14-24-19-10-6-5-9-18(16)19;/h5-11,14,24H,4,12-13,15H2,1-3H3,(H2,22,23,25);1H. The zero-order valence-electron chi connectivity index (χ0n) is 16.7. The Hall–Kier alpha value is -2.29. The van der Waals surface area contributed by atoms with E-state index in [-0.39, 0.29) is 24.0 Å². The number of fused-ring (bicyclic) bond motifs is 1. The maximum atomic E-state index is 4.67. The highest BCUT2D eigenvalue weighted by atomic mass is 127. The van der Waals surface area contributed by atoms with Crippen LogP contribution in [0.1, 0.15) is 18.2 Å². The van der Waals surface area contributed by atoms with E-state index in [2.05, 4.69) is 63.0 Å². The third-order valence-electron chi connectivity index (χ3n) is 4.36. The van der Waals surface area contributed by atoms with Crippen molar-refractivity contribution in [2.75, 3.05) is 32.1 Å². The van der Waals surface area contributed by atoms with Gasteiger partial charge in [-0.3, -0.25) is 0 Å². The van der Waals surface area contributed by atoms with Gasteiger partial charge in [0.05, 0.1) is 12.2 Å². The monoisotopic (exact) mass is 492 g/mol. The molecule has 0 saturated heterocycles. The number of nitrogens with one attached hydrogen (secondary N) is 3. The van der Waals surface area contributed by atoms with Crippen molar-refractivity contribution < 1.29 is 0 Å². The number of H-pyrrole nitrogens is 1. The first-order valence-corrected chi connectivity index (χ1v) is 9.38. The number of anilines is 1. The molecule has 0 radical (unpaired) electrons. The number of aromatic amines is 1. The van der Waals surface area contributed by atoms with Crippen LogP contribution in [0.5, 0.6) is 0 Å². The molecule has 0 atom stereocenters. The molecular weight excluding hydrogens is 463 g/mol. The van der Waals surface area contributed by atoms with Gasteiger partial charge in [0.1, 0.15) is 5.82 Å². The Bertz CT molecular complexity index is 903. The molecule has 7 heteroatoms. The first-order chi connectivity index (χ1) is 13.2. The van der Waals surface area contributed by atoms with Crippen LogP contribution in [0, 0.1) is 0 Å². The summed E-state index contributed by atoms with van der Waals surface area (Å²) in [6.07, 6.45) is 3.02. The van der Waals surface area contributed by atoms with Crippen LogP contribution in [0.3, 0.4) is 0 Å². The molecule has 0 fully saturated rings. The zero-order chi connectivity index (χ0) is 19.1. The fourth-order valence-corrected chi connectivity index (χ4v) is 2.96. The third-order valence-corrected chi connectivity index (χ3v) is 4.36. The summed E-state index contributed by atoms with van der Waals surface area (Å²) in [6, 6.07) is 14.4. The molecule has 2 aromatic heterocycles. The van der Waals surface area contributed by atoms with E-state index in [1.54, 1.807) is 0 Å². The van der Waals surface area contributed by atoms with Crippen molar-refractivity contribution in [3.63, 3.8) is 0 Å². The van der Waals surface area contributed by atoms with Crippen LogP contribution < -0.4 is 15.5 Å². The zero-order valence-corrected chi connectivity index (χ0v) is 19.0. The van der Waals surface area contributed by atoms with Crippen molar-refractivity contribution in [2.24, 2.45) is 4.99 Å². The van der Waals surface area contributed by atoms with Gasteiger partial charge in [-0.2, -0.15) is 0 Å². The van der Waals surface area contributed by atoms with Gasteiger partial charge in [0.25, 0.3) is 0 Å². The molecule has 150 valence electrons. The Morgan fingerprint density at radius 1 is 1.11 bits per heavy atom. The number of nitrogens with zero attached hydrogens (tertiary/aromatic N) is 3. The maximum Gasteiger partial charge on any atom is 0.191 e. The minimum atomic E-state index is 0. The van der Waals surface area contributed by atoms with Crippen LogP contribution in [-0.2, 0) is 13.0 Å². The molecule has 0 aliphatic heterocycles. The average Bonchev–Trinajstić information content (AvgIpc) is 3.09. The second-order valence-electron chi connectivity index (χ2n) is 6.61. The van der Waals surface area contributed by atoms with Gasteiger partial charge in [-0.25, -0.2) is 9.98 Å². The van der Waals surface area contributed by atoms with Gasteiger partial charge in [0.2, 0.25) is 0 Å². The predicted molar refractivity (Wildman–Crippen MR) is 129 cm³/mol. The number of hydrogen-bond acceptors (Lipinski definition) is 3. The molecule has 3 rings (SSSR count). The fraction of sp³-hybridized carbons (Fsp3) is 0.333. The molecule has 28 heavy (non-hydrogen) atoms. The first-order valence-electron chi connectivity index (χ1n) is 9.38. The number of hydrogen-bond donors (Lipinski definition) is 3. The molecule has 2 heterocycles. The van der Waals surface area contributed by atoms with E-state index >= 15 is 0 Å². The number of para-hydroxylation sites is 1. The molecule has 0 saturated carbocycles. The second-order valence-corrected chi connectivity index (χ2v) is 6.61. The van der Waals surface area contributed by atoms with E-state index in [0.29, 0.717) is 6.54 Å². The molecule has 3 N–H and O–H groups in total. The lowest BCUT2D eigenvalue weighted by Gasteiger charge is -2.13. The minimum absolute atomic E-state index is 0. The molecule has 3 aromatic rings. The topological polar surface area (TPSA) is 68.3 Å². The van der Waals surface area contributed by atoms with Crippen molar-refractivity contribution in [1.82, 2.24) is 20.6 Å². The van der Waals surface area contributed by atoms with E-state index in [1.165, 1.54) is 16.5 Å². The van der Waals surface area contributed by atoms with Gasteiger partial charge < -0.3 is 20.5 Å². The van der Waals surface area contributed by atoms with Gasteiger partial charge in [0, 0.05) is 44.3 Å². The molecule has 0 amide bonds. The molecule has 0 unspecified atom stereocenters. The highest BCUT2D eigenvalue weighted by Gasteiger charge is 2.04. The summed E-state index contributed by atoms with van der Waals surface area (Å²) in [5, 5.41) is 8.00. The van der Waals surface area contributed by atoms with Crippen LogP contribution in [0.15, 0.2) is 53.7 Å². The van der Waals surface area contributed by atoms with Crippen molar-refractivity contribution in [2.45, 2.75) is 19.9 Å². The molecule has 6 nitrogen and oxygen atoms in total. The molecule has 0 aliphatic rings. The van der Waals surface area contributed by atoms with Crippen molar-refractivity contribution in [3.8, 4) is 0 Å². The highest BCUT2D eigenvalue weighted by molar-refractivity contribution is 14.0. The molecule has 0 aliphatic carbocycles. The Balaban J connectivity index is 0.00000280. The van der Waals surface area contributed by atoms with E-state index in [4.69, 9.17) is 0 Å². The summed E-state index contributed by atoms with van der Waals surface area (Å²) in [5.41, 5.74) is 3.45. The number of pyridine rings is 1. The van der Waals surface area contributed by atoms with E-state index < -0.39 is 0 Å². The van der Waals surface area contributed by atoms with Gasteiger partial charge in [0.15, 0.2) is 5.96 Å². The number of guanidine groups is 1. The first kappa shape index (κ1) is 22.0. The summed E-state index contributed by atoms with van der Waals surface area (Å²) in [6.45, 7) is 4.26. The van der Waals surface area contributed by atoms with Crippen LogP contribution >= 0.6 is 24.0 Å². The normalized spacial score (nSPS) is 11.2. The lowest BCUT2D eigenvalue weighted by molar-refractivity contribution is 0.798. The van der Waals surface area contributed by atoms with Crippen LogP contribution in [0.4, 0.5) is 5.82 Å². The number of aromatic nitrogens is 2. The van der Waals surface area contributed by atoms with Gasteiger partial charge in [-0.05, 0) is 37.1 Å². The van der Waals surface area contributed by atoms with Gasteiger partial charge in [-0.15, -0.1) is 24.0 Å². The summed E-state index contributed by atoms with van der Waals surface area (Å²) in [7, 11) is 3.98. The summed E-state index contributed by atoms with van der Waals surface area (Å²) in [5.74, 6) is 1.76. The van der Waals surface area contributed by atoms with Crippen LogP contribution in [-0.4, -0.2) is 43.1 Å². The molecule has 1 aromatic carbocycles. The highest BCUT2D eigenvalue weighted by Crippen LogP contribution is 2.17. The van der Waals surface area contributed by atoms with Crippen molar-refractivity contribution >= 4 is 46.7 Å². The summed E-state index contributed by atoms with van der Waals surface area (Å²) in [4.78, 5) is 14.6. The van der Waals surface area contributed by atoms with Crippen molar-refractivity contribution in [1.29, 1.82) is 0 Å². The van der Waals surface area contributed by atoms with E-state index in [1.807, 2.05) is 37.2 Å². The van der Waals surface area contributed by atoms with Crippen LogP contribution in [0.2, 0.25) is 0 Å². The fourth-order valence-electron chi connectivity index (χ4n) is 2.96. The number of rotatable bonds is 7. The molecule has 0 spiro atoms. The maximum absolute atomic E-state index is 4.67. The summed E-state index contributed by atoms with van der Waals surface area (Å²) < 4.78 is 0. The Kier molecular flexibility index (Phi) is 8.56. The van der Waals surface area contributed by atoms with Gasteiger partial charge >= 0.3 is 0 Å². The second kappa shape index (κ2) is 10.9. The number of halogens is 1. The largest absolute Gasteiger partial charge is 0.363 e. The quantitative estimate of drug-likeness (QED) is 0.268. The lowest BCUT2D eigenvalue weighted by atomic mass is 10.1. The Morgan fingerprint density at radius 2 is 1.93 bits per heavy atom. The number of benzene rings is 1. The van der Waals surface area contributed by atoms with E-state index in [0.717, 1.165) is 37.0 Å². The average molecular weight is 492 g/mol.